The SMILES string of the molecule is CC1CCCCC1NC(=O)NC(CC(=O)O)C1CC1. The predicted octanol–water partition coefficient (Wildman–Crippen LogP) is 2.12. The molecule has 5 nitrogen and oxygen atoms in total. The van der Waals surface area contributed by atoms with Gasteiger partial charge in [-0.3, -0.25) is 4.79 Å². The average Bonchev–Trinajstić information content (AvgIpc) is 3.14. The Bertz CT molecular complexity index is 342. The third kappa shape index (κ3) is 4.40. The molecule has 2 aliphatic carbocycles. The fourth-order valence-corrected chi connectivity index (χ4v) is 2.93. The lowest BCUT2D eigenvalue weighted by molar-refractivity contribution is -0.137. The summed E-state index contributed by atoms with van der Waals surface area (Å²) >= 11 is 0. The summed E-state index contributed by atoms with van der Waals surface area (Å²) in [4.78, 5) is 22.8. The molecular formula is C14H24N2O3. The van der Waals surface area contributed by atoms with Crippen LogP contribution in [0.3, 0.4) is 0 Å². The maximum absolute atomic E-state index is 12.0. The van der Waals surface area contributed by atoms with E-state index in [0.717, 1.165) is 32.1 Å². The third-order valence-corrected chi connectivity index (χ3v) is 4.33. The summed E-state index contributed by atoms with van der Waals surface area (Å²) in [6.07, 6.45) is 6.67. The van der Waals surface area contributed by atoms with E-state index in [4.69, 9.17) is 5.11 Å². The van der Waals surface area contributed by atoms with Crippen molar-refractivity contribution >= 4 is 12.0 Å². The van der Waals surface area contributed by atoms with Crippen molar-refractivity contribution in [3.63, 3.8) is 0 Å². The largest absolute Gasteiger partial charge is 0.481 e. The number of hydrogen-bond donors (Lipinski definition) is 3. The molecule has 3 N–H and O–H groups in total. The lowest BCUT2D eigenvalue weighted by atomic mass is 9.86. The summed E-state index contributed by atoms with van der Waals surface area (Å²) in [6, 6.07) is -0.174. The lowest BCUT2D eigenvalue weighted by Crippen LogP contribution is -2.50. The van der Waals surface area contributed by atoms with E-state index < -0.39 is 5.97 Å². The molecule has 0 spiro atoms. The maximum atomic E-state index is 12.0. The van der Waals surface area contributed by atoms with E-state index >= 15 is 0 Å². The summed E-state index contributed by atoms with van der Waals surface area (Å²) in [5.41, 5.74) is 0. The van der Waals surface area contributed by atoms with Crippen LogP contribution in [-0.4, -0.2) is 29.2 Å². The van der Waals surface area contributed by atoms with Crippen LogP contribution < -0.4 is 10.6 Å². The zero-order chi connectivity index (χ0) is 13.8. The Labute approximate surface area is 114 Å². The first-order chi connectivity index (χ1) is 9.06. The molecule has 0 aromatic carbocycles. The fourth-order valence-electron chi connectivity index (χ4n) is 2.93. The van der Waals surface area contributed by atoms with Crippen LogP contribution in [0, 0.1) is 11.8 Å². The van der Waals surface area contributed by atoms with E-state index in [0.29, 0.717) is 11.8 Å². The van der Waals surface area contributed by atoms with Crippen molar-refractivity contribution < 1.29 is 14.7 Å². The molecule has 3 unspecified atom stereocenters. The zero-order valence-electron chi connectivity index (χ0n) is 11.5. The molecule has 2 aliphatic rings. The number of nitrogens with one attached hydrogen (secondary N) is 2. The summed E-state index contributed by atoms with van der Waals surface area (Å²) in [7, 11) is 0. The van der Waals surface area contributed by atoms with E-state index in [2.05, 4.69) is 17.6 Å². The van der Waals surface area contributed by atoms with Gasteiger partial charge in [-0.1, -0.05) is 19.8 Å². The highest BCUT2D eigenvalue weighted by Gasteiger charge is 2.34. The molecule has 0 radical (unpaired) electrons. The second kappa shape index (κ2) is 6.26. The topological polar surface area (TPSA) is 78.4 Å². The third-order valence-electron chi connectivity index (χ3n) is 4.33. The Kier molecular flexibility index (Phi) is 4.66. The van der Waals surface area contributed by atoms with Crippen LogP contribution in [0.5, 0.6) is 0 Å². The van der Waals surface area contributed by atoms with Gasteiger partial charge >= 0.3 is 12.0 Å². The van der Waals surface area contributed by atoms with Crippen molar-refractivity contribution in [2.75, 3.05) is 0 Å². The van der Waals surface area contributed by atoms with Gasteiger partial charge in [-0.05, 0) is 37.5 Å². The van der Waals surface area contributed by atoms with E-state index in [1.165, 1.54) is 6.42 Å². The molecule has 0 heterocycles. The van der Waals surface area contributed by atoms with Crippen LogP contribution in [0.4, 0.5) is 4.79 Å². The first-order valence-corrected chi connectivity index (χ1v) is 7.35. The highest BCUT2D eigenvalue weighted by Crippen LogP contribution is 2.34. The maximum Gasteiger partial charge on any atom is 0.315 e. The Morgan fingerprint density at radius 3 is 2.47 bits per heavy atom. The van der Waals surface area contributed by atoms with Crippen molar-refractivity contribution in [1.82, 2.24) is 10.6 Å². The molecule has 0 saturated heterocycles. The van der Waals surface area contributed by atoms with Crippen molar-refractivity contribution in [1.29, 1.82) is 0 Å². The number of rotatable bonds is 5. The summed E-state index contributed by atoms with van der Waals surface area (Å²) < 4.78 is 0. The number of carboxylic acid groups (broad SMARTS) is 1. The number of hydrogen-bond acceptors (Lipinski definition) is 2. The van der Waals surface area contributed by atoms with Gasteiger partial charge < -0.3 is 15.7 Å². The van der Waals surface area contributed by atoms with Crippen molar-refractivity contribution in [3.05, 3.63) is 0 Å². The normalized spacial score (nSPS) is 28.5. The zero-order valence-corrected chi connectivity index (χ0v) is 11.5. The van der Waals surface area contributed by atoms with E-state index in [-0.39, 0.29) is 24.5 Å². The molecule has 19 heavy (non-hydrogen) atoms. The molecule has 108 valence electrons. The monoisotopic (exact) mass is 268 g/mol. The number of carbonyl (C=O) groups is 2. The van der Waals surface area contributed by atoms with E-state index in [1.807, 2.05) is 0 Å². The van der Waals surface area contributed by atoms with E-state index in [9.17, 15) is 9.59 Å². The van der Waals surface area contributed by atoms with Crippen LogP contribution in [0.1, 0.15) is 51.9 Å². The number of carbonyl (C=O) groups excluding carboxylic acids is 1. The second-order valence-corrected chi connectivity index (χ2v) is 6.03. The number of carboxylic acids is 1. The van der Waals surface area contributed by atoms with Gasteiger partial charge in [0.1, 0.15) is 0 Å². The molecule has 5 heteroatoms. The van der Waals surface area contributed by atoms with Crippen molar-refractivity contribution in [2.45, 2.75) is 64.0 Å². The number of aliphatic carboxylic acids is 1. The molecular weight excluding hydrogens is 244 g/mol. The predicted molar refractivity (Wildman–Crippen MR) is 71.9 cm³/mol. The molecule has 0 aromatic heterocycles. The standard InChI is InChI=1S/C14H24N2O3/c1-9-4-2-3-5-11(9)15-14(19)16-12(8-13(17)18)10-6-7-10/h9-12H,2-8H2,1H3,(H,17,18)(H2,15,16,19). The Morgan fingerprint density at radius 1 is 1.21 bits per heavy atom. The van der Waals surface area contributed by atoms with Gasteiger partial charge in [0.15, 0.2) is 0 Å². The summed E-state index contributed by atoms with van der Waals surface area (Å²) in [5.74, 6) is 0.0206. The van der Waals surface area contributed by atoms with Crippen molar-refractivity contribution in [2.24, 2.45) is 11.8 Å². The van der Waals surface area contributed by atoms with Gasteiger partial charge in [0, 0.05) is 12.1 Å². The molecule has 0 aromatic rings. The fraction of sp³-hybridized carbons (Fsp3) is 0.857. The average molecular weight is 268 g/mol. The van der Waals surface area contributed by atoms with Crippen LogP contribution >= 0.6 is 0 Å². The minimum Gasteiger partial charge on any atom is -0.481 e. The summed E-state index contributed by atoms with van der Waals surface area (Å²) in [6.45, 7) is 2.17. The molecule has 2 amide bonds. The van der Waals surface area contributed by atoms with Crippen molar-refractivity contribution in [3.8, 4) is 0 Å². The van der Waals surface area contributed by atoms with Crippen LogP contribution in [0.25, 0.3) is 0 Å². The number of amides is 2. The first kappa shape index (κ1) is 14.2. The van der Waals surface area contributed by atoms with Gasteiger partial charge in [0.05, 0.1) is 6.42 Å². The minimum absolute atomic E-state index is 0.0261. The lowest BCUT2D eigenvalue weighted by Gasteiger charge is -2.30. The van der Waals surface area contributed by atoms with Crippen LogP contribution in [0.15, 0.2) is 0 Å². The van der Waals surface area contributed by atoms with Crippen LogP contribution in [0.2, 0.25) is 0 Å². The summed E-state index contributed by atoms with van der Waals surface area (Å²) in [5, 5.41) is 14.7. The van der Waals surface area contributed by atoms with Gasteiger partial charge in [0.2, 0.25) is 0 Å². The first-order valence-electron chi connectivity index (χ1n) is 7.35. The van der Waals surface area contributed by atoms with E-state index in [1.54, 1.807) is 0 Å². The highest BCUT2D eigenvalue weighted by atomic mass is 16.4. The second-order valence-electron chi connectivity index (χ2n) is 6.03. The van der Waals surface area contributed by atoms with Crippen LogP contribution in [-0.2, 0) is 4.79 Å². The highest BCUT2D eigenvalue weighted by molar-refractivity contribution is 5.76. The molecule has 2 rings (SSSR count). The van der Waals surface area contributed by atoms with Gasteiger partial charge in [-0.25, -0.2) is 4.79 Å². The smallest absolute Gasteiger partial charge is 0.315 e. The minimum atomic E-state index is -0.844. The molecule has 3 atom stereocenters. The van der Waals surface area contributed by atoms with Gasteiger partial charge in [-0.15, -0.1) is 0 Å². The molecule has 0 aliphatic heterocycles. The van der Waals surface area contributed by atoms with Gasteiger partial charge in [-0.2, -0.15) is 0 Å². The van der Waals surface area contributed by atoms with Gasteiger partial charge in [0.25, 0.3) is 0 Å². The molecule has 2 saturated carbocycles. The Morgan fingerprint density at radius 2 is 1.89 bits per heavy atom. The Hall–Kier alpha value is -1.26. The molecule has 2 fully saturated rings. The number of urea groups is 1. The molecule has 0 bridgehead atoms. The Balaban J connectivity index is 1.79. The quantitative estimate of drug-likeness (QED) is 0.714.